The van der Waals surface area contributed by atoms with Crippen molar-refractivity contribution in [1.29, 1.82) is 0 Å². The van der Waals surface area contributed by atoms with E-state index in [-0.39, 0.29) is 0 Å². The van der Waals surface area contributed by atoms with Crippen LogP contribution >= 0.6 is 11.3 Å². The van der Waals surface area contributed by atoms with E-state index in [9.17, 15) is 0 Å². The average Bonchev–Trinajstić information content (AvgIpc) is 2.91. The van der Waals surface area contributed by atoms with E-state index in [1.54, 1.807) is 18.4 Å². The number of aryl methyl sites for hydroxylation is 1. The molecule has 1 unspecified atom stereocenters. The van der Waals surface area contributed by atoms with E-state index < -0.39 is 0 Å². The number of nitrogens with one attached hydrogen (secondary N) is 1. The zero-order chi connectivity index (χ0) is 13.2. The van der Waals surface area contributed by atoms with Gasteiger partial charge in [-0.3, -0.25) is 0 Å². The summed E-state index contributed by atoms with van der Waals surface area (Å²) < 4.78 is 5.02. The fourth-order valence-corrected chi connectivity index (χ4v) is 3.48. The Morgan fingerprint density at radius 2 is 2.26 bits per heavy atom. The Bertz CT molecular complexity index is 567. The molecular weight excluding hydrogens is 260 g/mol. The molecule has 0 amide bonds. The Hall–Kier alpha value is -1.53. The zero-order valence-corrected chi connectivity index (χ0v) is 11.8. The number of methoxy groups -OCH3 is 1. The van der Waals surface area contributed by atoms with Gasteiger partial charge in [-0.15, -0.1) is 21.5 Å². The van der Waals surface area contributed by atoms with Gasteiger partial charge in [0.05, 0.1) is 18.8 Å². The second-order valence-electron chi connectivity index (χ2n) is 4.52. The lowest BCUT2D eigenvalue weighted by molar-refractivity contribution is 0.392. The summed E-state index contributed by atoms with van der Waals surface area (Å²) in [5, 5.41) is 12.4. The molecule has 1 aliphatic rings. The van der Waals surface area contributed by atoms with Crippen molar-refractivity contribution in [3.05, 3.63) is 22.7 Å². The maximum atomic E-state index is 5.02. The number of hydrogen-bond acceptors (Lipinski definition) is 6. The van der Waals surface area contributed by atoms with Gasteiger partial charge in [0.2, 0.25) is 5.88 Å². The van der Waals surface area contributed by atoms with Crippen molar-refractivity contribution in [2.75, 3.05) is 14.2 Å². The molecule has 0 bridgehead atoms. The number of fused-ring (bicyclic) bond motifs is 1. The van der Waals surface area contributed by atoms with Crippen LogP contribution in [0, 0.1) is 0 Å². The molecule has 0 radical (unpaired) electrons. The smallest absolute Gasteiger partial charge is 0.233 e. The molecule has 2 aromatic heterocycles. The molecule has 0 aliphatic heterocycles. The summed E-state index contributed by atoms with van der Waals surface area (Å²) in [6, 6.07) is 4.10. The third-order valence-corrected chi connectivity index (χ3v) is 4.52. The van der Waals surface area contributed by atoms with Crippen LogP contribution in [0.4, 0.5) is 0 Å². The summed E-state index contributed by atoms with van der Waals surface area (Å²) >= 11 is 1.73. The highest BCUT2D eigenvalue weighted by molar-refractivity contribution is 7.15. The van der Waals surface area contributed by atoms with Crippen LogP contribution in [0.2, 0.25) is 0 Å². The first kappa shape index (κ1) is 12.5. The minimum absolute atomic E-state index is 0.375. The summed E-state index contributed by atoms with van der Waals surface area (Å²) in [7, 11) is 3.58. The number of rotatable bonds is 3. The van der Waals surface area contributed by atoms with Gasteiger partial charge in [-0.25, -0.2) is 4.98 Å². The van der Waals surface area contributed by atoms with E-state index >= 15 is 0 Å². The molecule has 3 rings (SSSR count). The number of thiazole rings is 1. The minimum atomic E-state index is 0.375. The van der Waals surface area contributed by atoms with Gasteiger partial charge in [-0.05, 0) is 32.4 Å². The molecule has 2 aromatic rings. The molecule has 1 atom stereocenters. The highest BCUT2D eigenvalue weighted by atomic mass is 32.1. The van der Waals surface area contributed by atoms with E-state index in [0.29, 0.717) is 11.9 Å². The van der Waals surface area contributed by atoms with Gasteiger partial charge in [0.1, 0.15) is 10.7 Å². The average molecular weight is 276 g/mol. The van der Waals surface area contributed by atoms with Crippen molar-refractivity contribution in [3.8, 4) is 16.6 Å². The molecule has 100 valence electrons. The topological polar surface area (TPSA) is 59.9 Å². The molecule has 6 heteroatoms. The molecular formula is C13H16N4OS. The molecule has 5 nitrogen and oxygen atoms in total. The van der Waals surface area contributed by atoms with Crippen molar-refractivity contribution < 1.29 is 4.74 Å². The van der Waals surface area contributed by atoms with E-state index in [1.165, 1.54) is 17.0 Å². The highest BCUT2D eigenvalue weighted by Crippen LogP contribution is 2.36. The van der Waals surface area contributed by atoms with Crippen molar-refractivity contribution >= 4 is 11.3 Å². The van der Waals surface area contributed by atoms with E-state index in [0.717, 1.165) is 23.5 Å². The number of nitrogens with zero attached hydrogens (tertiary/aromatic N) is 3. The fraction of sp³-hybridized carbons (Fsp3) is 0.462. The first-order valence-corrected chi connectivity index (χ1v) is 7.18. The maximum absolute atomic E-state index is 5.02. The largest absolute Gasteiger partial charge is 0.480 e. The molecule has 0 fully saturated rings. The van der Waals surface area contributed by atoms with Crippen LogP contribution in [-0.2, 0) is 6.42 Å². The third-order valence-electron chi connectivity index (χ3n) is 3.37. The highest BCUT2D eigenvalue weighted by Gasteiger charge is 2.24. The summed E-state index contributed by atoms with van der Waals surface area (Å²) in [5.74, 6) is 0.526. The lowest BCUT2D eigenvalue weighted by Crippen LogP contribution is -2.21. The molecule has 1 N–H and O–H groups in total. The first-order valence-electron chi connectivity index (χ1n) is 6.36. The van der Waals surface area contributed by atoms with Crippen LogP contribution in [0.25, 0.3) is 10.7 Å². The van der Waals surface area contributed by atoms with Crippen LogP contribution < -0.4 is 10.1 Å². The van der Waals surface area contributed by atoms with Crippen LogP contribution in [0.5, 0.6) is 5.88 Å². The van der Waals surface area contributed by atoms with Crippen LogP contribution in [0.15, 0.2) is 12.1 Å². The monoisotopic (exact) mass is 276 g/mol. The van der Waals surface area contributed by atoms with Crippen LogP contribution in [-0.4, -0.2) is 29.3 Å². The second-order valence-corrected chi connectivity index (χ2v) is 5.61. The van der Waals surface area contributed by atoms with Crippen molar-refractivity contribution in [2.45, 2.75) is 25.3 Å². The Labute approximate surface area is 116 Å². The summed E-state index contributed by atoms with van der Waals surface area (Å²) in [6.07, 6.45) is 3.49. The zero-order valence-electron chi connectivity index (χ0n) is 11.0. The lowest BCUT2D eigenvalue weighted by Gasteiger charge is -2.19. The molecule has 19 heavy (non-hydrogen) atoms. The number of aromatic nitrogens is 3. The Morgan fingerprint density at radius 1 is 1.37 bits per heavy atom. The molecule has 1 aliphatic carbocycles. The predicted molar refractivity (Wildman–Crippen MR) is 74.4 cm³/mol. The van der Waals surface area contributed by atoms with E-state index in [1.807, 2.05) is 19.2 Å². The summed E-state index contributed by atoms with van der Waals surface area (Å²) in [4.78, 5) is 6.11. The van der Waals surface area contributed by atoms with Crippen molar-refractivity contribution in [3.63, 3.8) is 0 Å². The summed E-state index contributed by atoms with van der Waals surface area (Å²) in [6.45, 7) is 0. The normalized spacial score (nSPS) is 18.1. The van der Waals surface area contributed by atoms with Crippen LogP contribution in [0.3, 0.4) is 0 Å². The third kappa shape index (κ3) is 2.33. The van der Waals surface area contributed by atoms with E-state index in [4.69, 9.17) is 9.72 Å². The SMILES string of the molecule is CNC1CCCc2sc(-c3ccc(OC)nn3)nc21. The number of hydrogen-bond donors (Lipinski definition) is 1. The molecule has 0 spiro atoms. The van der Waals surface area contributed by atoms with Crippen molar-refractivity contribution in [1.82, 2.24) is 20.5 Å². The molecule has 0 saturated carbocycles. The maximum Gasteiger partial charge on any atom is 0.233 e. The molecule has 2 heterocycles. The number of ether oxygens (including phenoxy) is 1. The Kier molecular flexibility index (Phi) is 3.44. The second kappa shape index (κ2) is 5.22. The van der Waals surface area contributed by atoms with Gasteiger partial charge in [0, 0.05) is 10.9 Å². The van der Waals surface area contributed by atoms with Gasteiger partial charge in [-0.1, -0.05) is 0 Å². The van der Waals surface area contributed by atoms with E-state index in [2.05, 4.69) is 15.5 Å². The molecule has 0 aromatic carbocycles. The van der Waals surface area contributed by atoms with Crippen LogP contribution in [0.1, 0.15) is 29.5 Å². The van der Waals surface area contributed by atoms with Crippen molar-refractivity contribution in [2.24, 2.45) is 0 Å². The Balaban J connectivity index is 1.95. The lowest BCUT2D eigenvalue weighted by atomic mass is 9.98. The minimum Gasteiger partial charge on any atom is -0.480 e. The predicted octanol–water partition coefficient (Wildman–Crippen LogP) is 2.21. The summed E-state index contributed by atoms with van der Waals surface area (Å²) in [5.41, 5.74) is 2.00. The first-order chi connectivity index (χ1) is 9.31. The van der Waals surface area contributed by atoms with Gasteiger partial charge in [0.15, 0.2) is 0 Å². The quantitative estimate of drug-likeness (QED) is 0.931. The molecule has 0 saturated heterocycles. The van der Waals surface area contributed by atoms with Gasteiger partial charge >= 0.3 is 0 Å². The Morgan fingerprint density at radius 3 is 2.95 bits per heavy atom. The standard InChI is InChI=1S/C13H16N4OS/c1-14-8-4-3-5-10-12(8)15-13(19-10)9-6-7-11(18-2)17-16-9/h6-8,14H,3-5H2,1-2H3. The fourth-order valence-electron chi connectivity index (χ4n) is 2.35. The van der Waals surface area contributed by atoms with Gasteiger partial charge in [-0.2, -0.15) is 0 Å². The van der Waals surface area contributed by atoms with Gasteiger partial charge in [0.25, 0.3) is 0 Å². The van der Waals surface area contributed by atoms with Gasteiger partial charge < -0.3 is 10.1 Å².